The fourth-order valence-corrected chi connectivity index (χ4v) is 10.6. The summed E-state index contributed by atoms with van der Waals surface area (Å²) in [5.41, 5.74) is 3.01. The van der Waals surface area contributed by atoms with E-state index in [1.165, 1.54) is 27.6 Å². The Labute approximate surface area is 153 Å². The number of ether oxygens (including phenoxy) is 1. The van der Waals surface area contributed by atoms with Crippen LogP contribution in [0.3, 0.4) is 0 Å². The van der Waals surface area contributed by atoms with Gasteiger partial charge in [-0.05, 0) is 68.7 Å². The van der Waals surface area contributed by atoms with E-state index in [0.717, 1.165) is 5.75 Å². The first kappa shape index (κ1) is 18.2. The lowest BCUT2D eigenvalue weighted by Crippen LogP contribution is -2.14. The van der Waals surface area contributed by atoms with Crippen LogP contribution < -0.4 is 15.3 Å². The Morgan fingerprint density at radius 2 is 1.36 bits per heavy atom. The summed E-state index contributed by atoms with van der Waals surface area (Å²) >= 11 is 0. The minimum atomic E-state index is -0.444. The maximum absolute atomic E-state index is 5.71. The van der Waals surface area contributed by atoms with Crippen molar-refractivity contribution in [1.82, 2.24) is 0 Å². The Hall–Kier alpha value is -1.55. The monoisotopic (exact) mass is 368 g/mol. The van der Waals surface area contributed by atoms with Crippen LogP contribution in [0, 0.1) is 27.7 Å². The van der Waals surface area contributed by atoms with Crippen LogP contribution in [-0.4, -0.2) is 7.11 Å². The molecule has 0 N–H and O–H groups in total. The van der Waals surface area contributed by atoms with Crippen LogP contribution in [0.4, 0.5) is 0 Å². The highest BCUT2D eigenvalue weighted by Crippen LogP contribution is 2.55. The summed E-state index contributed by atoms with van der Waals surface area (Å²) < 4.78 is 5.71. The molecule has 0 fully saturated rings. The van der Waals surface area contributed by atoms with Crippen LogP contribution in [-0.2, 0) is 5.90 Å². The Kier molecular flexibility index (Phi) is 5.67. The summed E-state index contributed by atoms with van der Waals surface area (Å²) in [6.45, 7) is 9.23. The number of rotatable bonds is 5. The average Bonchev–Trinajstić information content (AvgIpc) is 2.84. The lowest BCUT2D eigenvalue weighted by Gasteiger charge is -2.22. The van der Waals surface area contributed by atoms with Crippen molar-refractivity contribution in [3.63, 3.8) is 0 Å². The van der Waals surface area contributed by atoms with E-state index in [1.807, 2.05) is 0 Å². The zero-order valence-corrected chi connectivity index (χ0v) is 17.5. The molecular weight excluding hydrogens is 342 g/mol. The lowest BCUT2D eigenvalue weighted by molar-refractivity contribution is 0.418. The SMILES string of the molecule is COc1ccccc1P(Cp1c(C)c(C)c(C)c1C)c1ccccc1. The van der Waals surface area contributed by atoms with E-state index in [1.54, 1.807) is 17.7 Å². The largest absolute Gasteiger partial charge is 0.496 e. The van der Waals surface area contributed by atoms with Crippen molar-refractivity contribution in [3.05, 3.63) is 76.3 Å². The van der Waals surface area contributed by atoms with Crippen LogP contribution in [0.15, 0.2) is 54.6 Å². The van der Waals surface area contributed by atoms with Gasteiger partial charge in [0.1, 0.15) is 5.75 Å². The van der Waals surface area contributed by atoms with Gasteiger partial charge in [-0.1, -0.05) is 48.5 Å². The third-order valence-corrected chi connectivity index (χ3v) is 11.6. The Balaban J connectivity index is 2.12. The zero-order valence-electron chi connectivity index (χ0n) is 15.7. The predicted molar refractivity (Wildman–Crippen MR) is 114 cm³/mol. The molecule has 3 rings (SSSR count). The molecule has 0 saturated carbocycles. The Morgan fingerprint density at radius 1 is 0.800 bits per heavy atom. The van der Waals surface area contributed by atoms with Gasteiger partial charge >= 0.3 is 0 Å². The van der Waals surface area contributed by atoms with E-state index in [2.05, 4.69) is 82.3 Å². The van der Waals surface area contributed by atoms with E-state index in [4.69, 9.17) is 4.74 Å². The van der Waals surface area contributed by atoms with Gasteiger partial charge in [0.25, 0.3) is 0 Å². The first-order valence-electron chi connectivity index (χ1n) is 8.63. The van der Waals surface area contributed by atoms with Crippen molar-refractivity contribution >= 4 is 26.1 Å². The van der Waals surface area contributed by atoms with Gasteiger partial charge < -0.3 is 4.74 Å². The Morgan fingerprint density at radius 3 is 1.96 bits per heavy atom. The van der Waals surface area contributed by atoms with Crippen molar-refractivity contribution < 1.29 is 4.74 Å². The molecule has 0 saturated heterocycles. The van der Waals surface area contributed by atoms with Crippen molar-refractivity contribution in [2.45, 2.75) is 33.6 Å². The van der Waals surface area contributed by atoms with E-state index in [-0.39, 0.29) is 7.53 Å². The molecule has 1 nitrogen and oxygen atoms in total. The fourth-order valence-electron chi connectivity index (χ4n) is 3.31. The molecule has 25 heavy (non-hydrogen) atoms. The maximum Gasteiger partial charge on any atom is 0.126 e. The van der Waals surface area contributed by atoms with Crippen LogP contribution in [0.5, 0.6) is 5.75 Å². The molecule has 0 spiro atoms. The van der Waals surface area contributed by atoms with Crippen molar-refractivity contribution in [1.29, 1.82) is 0 Å². The normalized spacial score (nSPS) is 12.2. The molecule has 1 atom stereocenters. The third-order valence-electron chi connectivity index (χ3n) is 5.18. The van der Waals surface area contributed by atoms with Crippen molar-refractivity contribution in [2.24, 2.45) is 0 Å². The van der Waals surface area contributed by atoms with Crippen LogP contribution in [0.1, 0.15) is 21.7 Å². The van der Waals surface area contributed by atoms with Gasteiger partial charge in [-0.15, -0.1) is 7.53 Å². The molecule has 1 aromatic heterocycles. The number of para-hydroxylation sites is 1. The molecule has 0 radical (unpaired) electrons. The minimum Gasteiger partial charge on any atom is -0.496 e. The standard InChI is InChI=1S/C22H26OP2/c1-16-17(2)19(4)24(18(16)3)15-25(20-11-7-6-8-12-20)22-14-10-9-13-21(22)23-5/h6-14H,15H2,1-5H3. The topological polar surface area (TPSA) is 9.23 Å². The number of methoxy groups -OCH3 is 1. The quantitative estimate of drug-likeness (QED) is 0.502. The zero-order chi connectivity index (χ0) is 18.0. The second kappa shape index (κ2) is 7.77. The van der Waals surface area contributed by atoms with E-state index in [9.17, 15) is 0 Å². The average molecular weight is 368 g/mol. The smallest absolute Gasteiger partial charge is 0.126 e. The van der Waals surface area contributed by atoms with Crippen LogP contribution in [0.25, 0.3) is 0 Å². The highest BCUT2D eigenvalue weighted by atomic mass is 31.2. The Bertz CT molecular complexity index is 840. The number of hydrogen-bond donors (Lipinski definition) is 0. The van der Waals surface area contributed by atoms with Crippen molar-refractivity contribution in [2.75, 3.05) is 7.11 Å². The van der Waals surface area contributed by atoms with E-state index in [0.29, 0.717) is 0 Å². The second-order valence-corrected chi connectivity index (χ2v) is 11.6. The minimum absolute atomic E-state index is 0.218. The maximum atomic E-state index is 5.71. The summed E-state index contributed by atoms with van der Waals surface area (Å²) in [6.07, 6.45) is 0. The second-order valence-electron chi connectivity index (χ2n) is 6.43. The number of hydrogen-bond acceptors (Lipinski definition) is 1. The molecule has 0 aliphatic rings. The molecule has 130 valence electrons. The molecule has 2 aromatic carbocycles. The lowest BCUT2D eigenvalue weighted by atomic mass is 10.2. The van der Waals surface area contributed by atoms with Gasteiger partial charge in [0.15, 0.2) is 0 Å². The van der Waals surface area contributed by atoms with Gasteiger partial charge in [-0.25, -0.2) is 0 Å². The van der Waals surface area contributed by atoms with Gasteiger partial charge in [0.2, 0.25) is 0 Å². The molecular formula is C22H26OP2. The summed E-state index contributed by atoms with van der Waals surface area (Å²) in [5.74, 6) is 2.23. The molecule has 3 heteroatoms. The van der Waals surface area contributed by atoms with Crippen molar-refractivity contribution in [3.8, 4) is 5.75 Å². The molecule has 0 aliphatic heterocycles. The van der Waals surface area contributed by atoms with Gasteiger partial charge in [-0.3, -0.25) is 0 Å². The summed E-state index contributed by atoms with van der Waals surface area (Å²) in [5, 5.41) is 6.00. The molecule has 1 heterocycles. The van der Waals surface area contributed by atoms with Gasteiger partial charge in [-0.2, -0.15) is 0 Å². The van der Waals surface area contributed by atoms with E-state index >= 15 is 0 Å². The molecule has 0 bridgehead atoms. The number of benzene rings is 2. The summed E-state index contributed by atoms with van der Waals surface area (Å²) in [7, 11) is 1.12. The third kappa shape index (κ3) is 3.55. The highest BCUT2D eigenvalue weighted by molar-refractivity contribution is 7.80. The molecule has 3 aromatic rings. The first-order valence-corrected chi connectivity index (χ1v) is 11.7. The van der Waals surface area contributed by atoms with Gasteiger partial charge in [0, 0.05) is 11.2 Å². The van der Waals surface area contributed by atoms with Crippen LogP contribution in [0.2, 0.25) is 0 Å². The van der Waals surface area contributed by atoms with Gasteiger partial charge in [0.05, 0.1) is 7.11 Å². The molecule has 0 amide bonds. The van der Waals surface area contributed by atoms with Crippen LogP contribution >= 0.6 is 15.5 Å². The predicted octanol–water partition coefficient (Wildman–Crippen LogP) is 6.01. The summed E-state index contributed by atoms with van der Waals surface area (Å²) in [6, 6.07) is 19.5. The van der Waals surface area contributed by atoms with E-state index < -0.39 is 7.92 Å². The first-order chi connectivity index (χ1) is 12.0. The highest BCUT2D eigenvalue weighted by Gasteiger charge is 2.22. The molecule has 1 unspecified atom stereocenters. The molecule has 0 aliphatic carbocycles. The summed E-state index contributed by atoms with van der Waals surface area (Å²) in [4.78, 5) is 0. The fraction of sp³-hybridized carbons (Fsp3) is 0.273.